The van der Waals surface area contributed by atoms with Crippen molar-refractivity contribution in [2.24, 2.45) is 0 Å². The molecule has 23 heavy (non-hydrogen) atoms. The third kappa shape index (κ3) is 6.24. The number of carbonyl (C=O) groups excluding carboxylic acids is 1. The van der Waals surface area contributed by atoms with Crippen molar-refractivity contribution in [3.05, 3.63) is 11.6 Å². The van der Waals surface area contributed by atoms with Crippen LogP contribution in [0.5, 0.6) is 0 Å². The molecule has 1 fully saturated rings. The van der Waals surface area contributed by atoms with Crippen LogP contribution >= 0.6 is 0 Å². The number of rotatable bonds is 8. The highest BCUT2D eigenvalue weighted by molar-refractivity contribution is 7.88. The zero-order chi connectivity index (χ0) is 16.7. The first-order valence-electron chi connectivity index (χ1n) is 8.49. The predicted molar refractivity (Wildman–Crippen MR) is 89.6 cm³/mol. The van der Waals surface area contributed by atoms with Gasteiger partial charge in [-0.3, -0.25) is 4.79 Å². The predicted octanol–water partition coefficient (Wildman–Crippen LogP) is 1.43. The van der Waals surface area contributed by atoms with E-state index < -0.39 is 10.0 Å². The minimum absolute atomic E-state index is 0.133. The lowest BCUT2D eigenvalue weighted by atomic mass is 9.97. The van der Waals surface area contributed by atoms with Gasteiger partial charge in [0.1, 0.15) is 6.10 Å². The Labute approximate surface area is 139 Å². The van der Waals surface area contributed by atoms with Crippen LogP contribution in [0, 0.1) is 0 Å². The van der Waals surface area contributed by atoms with E-state index in [-0.39, 0.29) is 12.0 Å². The van der Waals surface area contributed by atoms with Crippen molar-refractivity contribution in [1.29, 1.82) is 0 Å². The van der Waals surface area contributed by atoms with Crippen LogP contribution < -0.4 is 5.32 Å². The quantitative estimate of drug-likeness (QED) is 0.676. The average Bonchev–Trinajstić information content (AvgIpc) is 3.04. The van der Waals surface area contributed by atoms with Crippen molar-refractivity contribution in [3.8, 4) is 0 Å². The van der Waals surface area contributed by atoms with Crippen LogP contribution in [-0.2, 0) is 19.6 Å². The van der Waals surface area contributed by atoms with E-state index in [1.54, 1.807) is 0 Å². The van der Waals surface area contributed by atoms with Crippen molar-refractivity contribution in [3.63, 3.8) is 0 Å². The minimum atomic E-state index is -3.26. The van der Waals surface area contributed by atoms with Crippen LogP contribution in [0.2, 0.25) is 0 Å². The van der Waals surface area contributed by atoms with E-state index in [1.807, 2.05) is 0 Å². The molecule has 0 aromatic carbocycles. The Kier molecular flexibility index (Phi) is 7.05. The second-order valence-electron chi connectivity index (χ2n) is 6.31. The summed E-state index contributed by atoms with van der Waals surface area (Å²) in [7, 11) is -3.26. The lowest BCUT2D eigenvalue weighted by Gasteiger charge is -2.22. The Morgan fingerprint density at radius 2 is 2.17 bits per heavy atom. The zero-order valence-corrected chi connectivity index (χ0v) is 14.7. The topological polar surface area (TPSA) is 75.7 Å². The van der Waals surface area contributed by atoms with Crippen molar-refractivity contribution >= 4 is 15.9 Å². The van der Waals surface area contributed by atoms with Crippen molar-refractivity contribution in [2.45, 2.75) is 51.0 Å². The molecule has 6 nitrogen and oxygen atoms in total. The van der Waals surface area contributed by atoms with E-state index in [0.717, 1.165) is 32.1 Å². The van der Waals surface area contributed by atoms with E-state index in [2.05, 4.69) is 11.4 Å². The number of nitrogens with one attached hydrogen (secondary N) is 1. The van der Waals surface area contributed by atoms with Crippen LogP contribution in [0.15, 0.2) is 11.6 Å². The van der Waals surface area contributed by atoms with E-state index >= 15 is 0 Å². The minimum Gasteiger partial charge on any atom is -0.368 e. The smallest absolute Gasteiger partial charge is 0.249 e. The number of nitrogens with zero attached hydrogens (tertiary/aromatic N) is 1. The zero-order valence-electron chi connectivity index (χ0n) is 13.9. The van der Waals surface area contributed by atoms with E-state index in [4.69, 9.17) is 4.74 Å². The Balaban J connectivity index is 1.76. The molecule has 0 aromatic heterocycles. The molecule has 1 unspecified atom stereocenters. The first-order chi connectivity index (χ1) is 11.0. The summed E-state index contributed by atoms with van der Waals surface area (Å²) >= 11 is 0. The fourth-order valence-electron chi connectivity index (χ4n) is 3.05. The highest BCUT2D eigenvalue weighted by atomic mass is 32.2. The Morgan fingerprint density at radius 3 is 2.78 bits per heavy atom. The van der Waals surface area contributed by atoms with Gasteiger partial charge in [-0.1, -0.05) is 11.6 Å². The van der Waals surface area contributed by atoms with Crippen molar-refractivity contribution in [1.82, 2.24) is 9.62 Å². The van der Waals surface area contributed by atoms with Gasteiger partial charge < -0.3 is 10.1 Å². The molecule has 1 saturated heterocycles. The molecule has 2 aliphatic rings. The summed E-state index contributed by atoms with van der Waals surface area (Å²) in [5, 5.41) is 2.78. The molecule has 0 saturated carbocycles. The van der Waals surface area contributed by atoms with Gasteiger partial charge in [-0.15, -0.1) is 0 Å². The second-order valence-corrected chi connectivity index (χ2v) is 8.30. The van der Waals surface area contributed by atoms with Crippen LogP contribution in [0.1, 0.15) is 44.9 Å². The molecule has 1 amide bonds. The summed E-state index contributed by atoms with van der Waals surface area (Å²) in [5.74, 6) is -0.133. The molecule has 0 aromatic rings. The van der Waals surface area contributed by atoms with Gasteiger partial charge in [0.25, 0.3) is 0 Å². The van der Waals surface area contributed by atoms with Crippen molar-refractivity contribution in [2.75, 3.05) is 32.5 Å². The molecule has 0 bridgehead atoms. The third-order valence-electron chi connectivity index (χ3n) is 4.42. The van der Waals surface area contributed by atoms with Gasteiger partial charge in [-0.25, -0.2) is 12.7 Å². The van der Waals surface area contributed by atoms with Gasteiger partial charge in [0.05, 0.1) is 6.26 Å². The maximum atomic E-state index is 11.9. The average molecular weight is 344 g/mol. The number of ether oxygens (including phenoxy) is 1. The molecule has 1 atom stereocenters. The molecular weight excluding hydrogens is 316 g/mol. The summed E-state index contributed by atoms with van der Waals surface area (Å²) in [4.78, 5) is 11.9. The Hall–Kier alpha value is -0.920. The second kappa shape index (κ2) is 8.80. The number of carbonyl (C=O) groups is 1. The number of amides is 1. The fraction of sp³-hybridized carbons (Fsp3) is 0.812. The molecule has 0 spiro atoms. The molecule has 1 N–H and O–H groups in total. The summed E-state index contributed by atoms with van der Waals surface area (Å²) in [6.45, 7) is 1.75. The Bertz CT molecular complexity index is 524. The first kappa shape index (κ1) is 18.4. The molecule has 1 aliphatic carbocycles. The SMILES string of the molecule is CS(=O)(=O)N(CCNC(=O)C1CCCO1)CCC1=CCCCC1. The molecule has 2 rings (SSSR count). The Morgan fingerprint density at radius 1 is 1.35 bits per heavy atom. The number of allylic oxidation sites excluding steroid dienone is 1. The maximum Gasteiger partial charge on any atom is 0.249 e. The molecular formula is C16H28N2O4S. The van der Waals surface area contributed by atoms with Crippen LogP contribution in [0.25, 0.3) is 0 Å². The largest absolute Gasteiger partial charge is 0.368 e. The monoisotopic (exact) mass is 344 g/mol. The number of sulfonamides is 1. The highest BCUT2D eigenvalue weighted by Gasteiger charge is 2.24. The fourth-order valence-corrected chi connectivity index (χ4v) is 3.89. The van der Waals surface area contributed by atoms with Gasteiger partial charge >= 0.3 is 0 Å². The summed E-state index contributed by atoms with van der Waals surface area (Å²) < 4.78 is 30.6. The molecule has 7 heteroatoms. The normalized spacial score (nSPS) is 22.2. The third-order valence-corrected chi connectivity index (χ3v) is 5.72. The van der Waals surface area contributed by atoms with Gasteiger partial charge in [0.2, 0.25) is 15.9 Å². The van der Waals surface area contributed by atoms with E-state index in [9.17, 15) is 13.2 Å². The molecule has 1 aliphatic heterocycles. The maximum absolute atomic E-state index is 11.9. The van der Waals surface area contributed by atoms with Crippen LogP contribution in [-0.4, -0.2) is 57.2 Å². The van der Waals surface area contributed by atoms with Gasteiger partial charge in [0, 0.05) is 26.2 Å². The summed E-state index contributed by atoms with van der Waals surface area (Å²) in [6, 6.07) is 0. The van der Waals surface area contributed by atoms with Crippen molar-refractivity contribution < 1.29 is 17.9 Å². The summed E-state index contributed by atoms with van der Waals surface area (Å²) in [5.41, 5.74) is 1.35. The van der Waals surface area contributed by atoms with Gasteiger partial charge in [-0.2, -0.15) is 0 Å². The van der Waals surface area contributed by atoms with Gasteiger partial charge in [0.15, 0.2) is 0 Å². The van der Waals surface area contributed by atoms with E-state index in [0.29, 0.717) is 26.2 Å². The molecule has 1 heterocycles. The lowest BCUT2D eigenvalue weighted by molar-refractivity contribution is -0.130. The number of hydrogen-bond donors (Lipinski definition) is 1. The van der Waals surface area contributed by atoms with Gasteiger partial charge in [-0.05, 0) is 44.9 Å². The lowest BCUT2D eigenvalue weighted by Crippen LogP contribution is -2.41. The molecule has 0 radical (unpaired) electrons. The summed E-state index contributed by atoms with van der Waals surface area (Å²) in [6.07, 6.45) is 10.1. The van der Waals surface area contributed by atoms with E-state index in [1.165, 1.54) is 29.0 Å². The molecule has 132 valence electrons. The standard InChI is InChI=1S/C16H28N2O4S/c1-23(20,21)18(11-9-14-6-3-2-4-7-14)12-10-17-16(19)15-8-5-13-22-15/h6,15H,2-5,7-13H2,1H3,(H,17,19). The first-order valence-corrected chi connectivity index (χ1v) is 10.3. The number of hydrogen-bond acceptors (Lipinski definition) is 4. The van der Waals surface area contributed by atoms with Crippen LogP contribution in [0.3, 0.4) is 0 Å². The highest BCUT2D eigenvalue weighted by Crippen LogP contribution is 2.20. The van der Waals surface area contributed by atoms with Crippen LogP contribution in [0.4, 0.5) is 0 Å².